The Bertz CT molecular complexity index is 894. The van der Waals surface area contributed by atoms with Crippen molar-refractivity contribution in [2.24, 2.45) is 0 Å². The van der Waals surface area contributed by atoms with Crippen LogP contribution in [0.25, 0.3) is 0 Å². The first-order valence-corrected chi connectivity index (χ1v) is 8.37. The number of aryl methyl sites for hydroxylation is 1. The van der Waals surface area contributed by atoms with Crippen LogP contribution in [0.1, 0.15) is 22.9 Å². The minimum Gasteiger partial charge on any atom is -0.493 e. The van der Waals surface area contributed by atoms with E-state index >= 15 is 0 Å². The molecule has 1 atom stereocenters. The molecule has 0 fully saturated rings. The summed E-state index contributed by atoms with van der Waals surface area (Å²) in [5.41, 5.74) is 2.73. The fourth-order valence-electron chi connectivity index (χ4n) is 2.70. The highest BCUT2D eigenvalue weighted by Crippen LogP contribution is 2.30. The average Bonchev–Trinajstić information content (AvgIpc) is 3.21. The number of tetrazole rings is 1. The normalized spacial score (nSPS) is 11.7. The fraction of sp³-hybridized carbons (Fsp3) is 0.263. The molecule has 3 rings (SSSR count). The Kier molecular flexibility index (Phi) is 5.65. The number of hydrogen-bond donors (Lipinski definition) is 1. The summed E-state index contributed by atoms with van der Waals surface area (Å²) in [6, 6.07) is 13.1. The number of aromatic nitrogens is 4. The zero-order chi connectivity index (χ0) is 19.2. The van der Waals surface area contributed by atoms with Gasteiger partial charge in [0.25, 0.3) is 0 Å². The van der Waals surface area contributed by atoms with E-state index in [2.05, 4.69) is 25.9 Å². The molecule has 3 aromatic rings. The molecule has 0 saturated heterocycles. The lowest BCUT2D eigenvalue weighted by molar-refractivity contribution is -0.117. The number of benzene rings is 2. The predicted octanol–water partition coefficient (Wildman–Crippen LogP) is 2.12. The number of carbonyl (C=O) groups excluding carboxylic acids is 1. The standard InChI is InChI=1S/C19H21N5O3/c1-12-4-6-13(7-5-12)10-15(18-21-23-24-22-18)19(25)20-14-8-9-16(26-2)17(11-14)27-3/h4-9,11,15H,10H2,1-3H3,(H2,20,21,22,23,24,25)/p-1/t15-/m1/s1. The molecule has 0 aliphatic heterocycles. The van der Waals surface area contributed by atoms with Crippen LogP contribution in [0.4, 0.5) is 5.69 Å². The molecule has 0 bridgehead atoms. The molecule has 2 aromatic carbocycles. The first kappa shape index (κ1) is 18.4. The van der Waals surface area contributed by atoms with Crippen LogP contribution in [0, 0.1) is 6.92 Å². The molecule has 1 aromatic heterocycles. The second-order valence-electron chi connectivity index (χ2n) is 6.04. The van der Waals surface area contributed by atoms with Crippen LogP contribution in [0.3, 0.4) is 0 Å². The number of nitrogens with one attached hydrogen (secondary N) is 1. The molecule has 1 N–H and O–H groups in total. The molecule has 8 heteroatoms. The summed E-state index contributed by atoms with van der Waals surface area (Å²) in [6.45, 7) is 2.01. The van der Waals surface area contributed by atoms with Gasteiger partial charge in [0, 0.05) is 17.6 Å². The quantitative estimate of drug-likeness (QED) is 0.683. The number of amides is 1. The van der Waals surface area contributed by atoms with Crippen LogP contribution in [-0.2, 0) is 11.2 Å². The van der Waals surface area contributed by atoms with Crippen LogP contribution in [-0.4, -0.2) is 35.7 Å². The molecule has 0 aliphatic rings. The zero-order valence-corrected chi connectivity index (χ0v) is 15.3. The number of rotatable bonds is 7. The van der Waals surface area contributed by atoms with Crippen LogP contribution in [0.15, 0.2) is 42.5 Å². The van der Waals surface area contributed by atoms with Crippen molar-refractivity contribution in [2.45, 2.75) is 19.3 Å². The monoisotopic (exact) mass is 366 g/mol. The first-order valence-electron chi connectivity index (χ1n) is 8.37. The van der Waals surface area contributed by atoms with E-state index in [1.165, 1.54) is 0 Å². The van der Waals surface area contributed by atoms with Crippen molar-refractivity contribution in [3.8, 4) is 11.5 Å². The second-order valence-corrected chi connectivity index (χ2v) is 6.04. The third kappa shape index (κ3) is 4.41. The summed E-state index contributed by atoms with van der Waals surface area (Å²) in [6.07, 6.45) is 0.437. The molecule has 1 heterocycles. The molecule has 140 valence electrons. The van der Waals surface area contributed by atoms with Gasteiger partial charge in [-0.15, -0.1) is 0 Å². The Labute approximate surface area is 156 Å². The fourth-order valence-corrected chi connectivity index (χ4v) is 2.70. The van der Waals surface area contributed by atoms with Crippen LogP contribution < -0.4 is 19.9 Å². The number of nitrogens with zero attached hydrogens (tertiary/aromatic N) is 4. The van der Waals surface area contributed by atoms with Crippen molar-refractivity contribution in [3.05, 3.63) is 59.4 Å². The van der Waals surface area contributed by atoms with Crippen molar-refractivity contribution >= 4 is 11.6 Å². The average molecular weight is 366 g/mol. The summed E-state index contributed by atoms with van der Waals surface area (Å²) < 4.78 is 10.5. The SMILES string of the molecule is COc1ccc(NC(=O)[C@H](Cc2ccc(C)cc2)c2nnn[n-]2)cc1OC. The van der Waals surface area contributed by atoms with Crippen molar-refractivity contribution in [2.75, 3.05) is 19.5 Å². The van der Waals surface area contributed by atoms with Crippen molar-refractivity contribution < 1.29 is 14.3 Å². The number of ether oxygens (including phenoxy) is 2. The summed E-state index contributed by atoms with van der Waals surface area (Å²) in [5, 5.41) is 17.7. The van der Waals surface area contributed by atoms with E-state index < -0.39 is 5.92 Å². The van der Waals surface area contributed by atoms with Crippen molar-refractivity contribution in [1.82, 2.24) is 20.6 Å². The number of anilines is 1. The van der Waals surface area contributed by atoms with Gasteiger partial charge < -0.3 is 19.9 Å². The van der Waals surface area contributed by atoms with Gasteiger partial charge in [-0.25, -0.2) is 0 Å². The maximum absolute atomic E-state index is 12.9. The van der Waals surface area contributed by atoms with Gasteiger partial charge in [-0.05, 0) is 31.0 Å². The lowest BCUT2D eigenvalue weighted by Gasteiger charge is -2.18. The Morgan fingerprint density at radius 1 is 1.11 bits per heavy atom. The maximum atomic E-state index is 12.9. The van der Waals surface area contributed by atoms with E-state index in [9.17, 15) is 4.79 Å². The predicted molar refractivity (Wildman–Crippen MR) is 98.9 cm³/mol. The molecular weight excluding hydrogens is 346 g/mol. The van der Waals surface area contributed by atoms with Crippen molar-refractivity contribution in [3.63, 3.8) is 0 Å². The Balaban J connectivity index is 1.82. The molecule has 0 aliphatic carbocycles. The highest BCUT2D eigenvalue weighted by molar-refractivity contribution is 5.95. The van der Waals surface area contributed by atoms with E-state index in [0.29, 0.717) is 23.6 Å². The Morgan fingerprint density at radius 3 is 2.48 bits per heavy atom. The van der Waals surface area contributed by atoms with Crippen LogP contribution in [0.2, 0.25) is 0 Å². The molecule has 1 amide bonds. The Hall–Kier alpha value is -3.42. The van der Waals surface area contributed by atoms with Gasteiger partial charge in [0.2, 0.25) is 5.91 Å². The second kappa shape index (κ2) is 8.31. The minimum atomic E-state index is -0.615. The van der Waals surface area contributed by atoms with Crippen LogP contribution >= 0.6 is 0 Å². The van der Waals surface area contributed by atoms with Gasteiger partial charge in [0.05, 0.1) is 20.1 Å². The van der Waals surface area contributed by atoms with Gasteiger partial charge in [0.1, 0.15) is 0 Å². The van der Waals surface area contributed by atoms with Crippen LogP contribution in [0.5, 0.6) is 11.5 Å². The van der Waals surface area contributed by atoms with Gasteiger partial charge in [0.15, 0.2) is 11.5 Å². The van der Waals surface area contributed by atoms with Gasteiger partial charge in [-0.1, -0.05) is 29.8 Å². The van der Waals surface area contributed by atoms with E-state index in [-0.39, 0.29) is 11.7 Å². The van der Waals surface area contributed by atoms with Gasteiger partial charge in [-0.2, -0.15) is 5.21 Å². The van der Waals surface area contributed by atoms with Crippen molar-refractivity contribution in [1.29, 1.82) is 0 Å². The zero-order valence-electron chi connectivity index (χ0n) is 15.3. The third-order valence-electron chi connectivity index (χ3n) is 4.17. The third-order valence-corrected chi connectivity index (χ3v) is 4.17. The largest absolute Gasteiger partial charge is 0.493 e. The van der Waals surface area contributed by atoms with E-state index in [0.717, 1.165) is 11.1 Å². The summed E-state index contributed by atoms with van der Waals surface area (Å²) >= 11 is 0. The lowest BCUT2D eigenvalue weighted by atomic mass is 9.97. The smallest absolute Gasteiger partial charge is 0.232 e. The molecule has 0 radical (unpaired) electrons. The molecule has 0 unspecified atom stereocenters. The topological polar surface area (TPSA) is 100 Å². The van der Waals surface area contributed by atoms with Gasteiger partial charge >= 0.3 is 0 Å². The number of carbonyl (C=O) groups is 1. The number of hydrogen-bond acceptors (Lipinski definition) is 6. The molecule has 8 nitrogen and oxygen atoms in total. The molecule has 0 saturated carbocycles. The molecule has 27 heavy (non-hydrogen) atoms. The van der Waals surface area contributed by atoms with Gasteiger partial charge in [-0.3, -0.25) is 15.1 Å². The Morgan fingerprint density at radius 2 is 1.85 bits per heavy atom. The first-order chi connectivity index (χ1) is 13.1. The van der Waals surface area contributed by atoms with E-state index in [1.54, 1.807) is 32.4 Å². The highest BCUT2D eigenvalue weighted by atomic mass is 16.5. The van der Waals surface area contributed by atoms with E-state index in [1.807, 2.05) is 31.2 Å². The maximum Gasteiger partial charge on any atom is 0.232 e. The number of methoxy groups -OCH3 is 2. The summed E-state index contributed by atoms with van der Waals surface area (Å²) in [7, 11) is 3.10. The minimum absolute atomic E-state index is 0.252. The summed E-state index contributed by atoms with van der Waals surface area (Å²) in [4.78, 5) is 12.9. The highest BCUT2D eigenvalue weighted by Gasteiger charge is 2.21. The van der Waals surface area contributed by atoms with E-state index in [4.69, 9.17) is 9.47 Å². The summed E-state index contributed by atoms with van der Waals surface area (Å²) in [5.74, 6) is 0.528. The lowest BCUT2D eigenvalue weighted by Crippen LogP contribution is -2.24. The molecular formula is C19H20N5O3-. The molecule has 0 spiro atoms.